The lowest BCUT2D eigenvalue weighted by Crippen LogP contribution is -2.05. The third kappa shape index (κ3) is 3.64. The fraction of sp³-hybridized carbons (Fsp3) is 0.600. The summed E-state index contributed by atoms with van der Waals surface area (Å²) in [4.78, 5) is 0. The molecule has 0 unspecified atom stereocenters. The van der Waals surface area contributed by atoms with Gasteiger partial charge >= 0.3 is 0 Å². The third-order valence-electron chi connectivity index (χ3n) is 2.80. The van der Waals surface area contributed by atoms with E-state index in [1.165, 1.54) is 0 Å². The quantitative estimate of drug-likeness (QED) is 0.841. The molecule has 1 aromatic carbocycles. The summed E-state index contributed by atoms with van der Waals surface area (Å²) in [6.45, 7) is 11.8. The van der Waals surface area contributed by atoms with E-state index in [1.807, 2.05) is 20.8 Å². The minimum Gasteiger partial charge on any atom is -0.508 e. The summed E-state index contributed by atoms with van der Waals surface area (Å²) in [5.74, 6) is 1.64. The molecule has 1 N–H and O–H groups in total. The van der Waals surface area contributed by atoms with Crippen molar-refractivity contribution in [3.63, 3.8) is 0 Å². The van der Waals surface area contributed by atoms with E-state index in [4.69, 9.17) is 9.47 Å². The van der Waals surface area contributed by atoms with E-state index in [0.717, 1.165) is 22.4 Å². The standard InChI is InChI=1S/C15H24O3/c1-6-18-15-11(4)7-14(16)13(12(15)5)9-17-8-10(2)3/h7,10,16H,6,8-9H2,1-5H3. The summed E-state index contributed by atoms with van der Waals surface area (Å²) in [5.41, 5.74) is 2.75. The Hall–Kier alpha value is -1.22. The maximum atomic E-state index is 9.99. The van der Waals surface area contributed by atoms with Gasteiger partial charge in [0.25, 0.3) is 0 Å². The number of phenols is 1. The van der Waals surface area contributed by atoms with Crippen LogP contribution in [0.5, 0.6) is 11.5 Å². The van der Waals surface area contributed by atoms with Crippen molar-refractivity contribution >= 4 is 0 Å². The average molecular weight is 252 g/mol. The Bertz CT molecular complexity index is 397. The lowest BCUT2D eigenvalue weighted by Gasteiger charge is -2.17. The van der Waals surface area contributed by atoms with Crippen molar-refractivity contribution in [3.8, 4) is 11.5 Å². The molecule has 0 saturated carbocycles. The van der Waals surface area contributed by atoms with E-state index in [9.17, 15) is 5.11 Å². The lowest BCUT2D eigenvalue weighted by molar-refractivity contribution is 0.0950. The van der Waals surface area contributed by atoms with Crippen LogP contribution in [0, 0.1) is 19.8 Å². The monoisotopic (exact) mass is 252 g/mol. The number of hydrogen-bond acceptors (Lipinski definition) is 3. The van der Waals surface area contributed by atoms with Crippen molar-refractivity contribution in [1.82, 2.24) is 0 Å². The number of aromatic hydroxyl groups is 1. The molecule has 1 rings (SSSR count). The summed E-state index contributed by atoms with van der Waals surface area (Å²) in [7, 11) is 0. The second-order valence-corrected chi connectivity index (χ2v) is 4.99. The molecular weight excluding hydrogens is 228 g/mol. The van der Waals surface area contributed by atoms with Gasteiger partial charge in [0.1, 0.15) is 11.5 Å². The maximum absolute atomic E-state index is 9.99. The van der Waals surface area contributed by atoms with Gasteiger partial charge in [-0.2, -0.15) is 0 Å². The zero-order valence-corrected chi connectivity index (χ0v) is 12.0. The van der Waals surface area contributed by atoms with Crippen molar-refractivity contribution in [1.29, 1.82) is 0 Å². The van der Waals surface area contributed by atoms with Crippen LogP contribution in [0.1, 0.15) is 37.5 Å². The van der Waals surface area contributed by atoms with Gasteiger partial charge in [-0.25, -0.2) is 0 Å². The van der Waals surface area contributed by atoms with E-state index in [1.54, 1.807) is 6.07 Å². The molecule has 0 aliphatic rings. The number of phenolic OH excluding ortho intramolecular Hbond substituents is 1. The fourth-order valence-electron chi connectivity index (χ4n) is 1.93. The molecule has 0 saturated heterocycles. The van der Waals surface area contributed by atoms with E-state index in [2.05, 4.69) is 13.8 Å². The van der Waals surface area contributed by atoms with Gasteiger partial charge in [-0.1, -0.05) is 13.8 Å². The highest BCUT2D eigenvalue weighted by atomic mass is 16.5. The Labute approximate surface area is 110 Å². The molecule has 18 heavy (non-hydrogen) atoms. The van der Waals surface area contributed by atoms with Crippen LogP contribution in [0.25, 0.3) is 0 Å². The smallest absolute Gasteiger partial charge is 0.125 e. The molecule has 0 heterocycles. The molecule has 0 bridgehead atoms. The topological polar surface area (TPSA) is 38.7 Å². The fourth-order valence-corrected chi connectivity index (χ4v) is 1.93. The minimum atomic E-state index is 0.289. The number of hydrogen-bond donors (Lipinski definition) is 1. The summed E-state index contributed by atoms with van der Waals surface area (Å²) >= 11 is 0. The second kappa shape index (κ2) is 6.64. The second-order valence-electron chi connectivity index (χ2n) is 4.99. The van der Waals surface area contributed by atoms with E-state index >= 15 is 0 Å². The molecule has 0 aliphatic carbocycles. The maximum Gasteiger partial charge on any atom is 0.125 e. The first kappa shape index (κ1) is 14.8. The molecule has 0 spiro atoms. The number of rotatable bonds is 6. The van der Waals surface area contributed by atoms with Crippen LogP contribution >= 0.6 is 0 Å². The van der Waals surface area contributed by atoms with E-state index in [-0.39, 0.29) is 5.75 Å². The van der Waals surface area contributed by atoms with Gasteiger partial charge in [-0.3, -0.25) is 0 Å². The van der Waals surface area contributed by atoms with Crippen molar-refractivity contribution in [2.45, 2.75) is 41.2 Å². The number of ether oxygens (including phenoxy) is 2. The van der Waals surface area contributed by atoms with Crippen molar-refractivity contribution < 1.29 is 14.6 Å². The van der Waals surface area contributed by atoms with Crippen molar-refractivity contribution in [2.24, 2.45) is 5.92 Å². The first-order chi connectivity index (χ1) is 8.47. The van der Waals surface area contributed by atoms with Crippen LogP contribution in [0.4, 0.5) is 0 Å². The molecule has 0 radical (unpaired) electrons. The Balaban J connectivity index is 2.92. The van der Waals surface area contributed by atoms with Crippen LogP contribution in [0.3, 0.4) is 0 Å². The highest BCUT2D eigenvalue weighted by Gasteiger charge is 2.14. The lowest BCUT2D eigenvalue weighted by atomic mass is 10.0. The summed E-state index contributed by atoms with van der Waals surface area (Å²) in [6, 6.07) is 1.74. The Morgan fingerprint density at radius 1 is 1.28 bits per heavy atom. The molecule has 0 amide bonds. The van der Waals surface area contributed by atoms with Gasteiger partial charge in [-0.15, -0.1) is 0 Å². The Morgan fingerprint density at radius 2 is 1.94 bits per heavy atom. The molecule has 0 aliphatic heterocycles. The van der Waals surface area contributed by atoms with Gasteiger partial charge < -0.3 is 14.6 Å². The van der Waals surface area contributed by atoms with Crippen LogP contribution in [0.15, 0.2) is 6.07 Å². The minimum absolute atomic E-state index is 0.289. The van der Waals surface area contributed by atoms with Gasteiger partial charge in [0, 0.05) is 17.7 Å². The van der Waals surface area contributed by atoms with E-state index in [0.29, 0.717) is 25.7 Å². The Kier molecular flexibility index (Phi) is 5.48. The van der Waals surface area contributed by atoms with Crippen LogP contribution < -0.4 is 4.74 Å². The third-order valence-corrected chi connectivity index (χ3v) is 2.80. The number of benzene rings is 1. The summed E-state index contributed by atoms with van der Waals surface area (Å²) < 4.78 is 11.2. The molecule has 1 aromatic rings. The van der Waals surface area contributed by atoms with Gasteiger partial charge in [0.05, 0.1) is 13.2 Å². The predicted molar refractivity (Wildman–Crippen MR) is 73.2 cm³/mol. The normalized spacial score (nSPS) is 11.0. The first-order valence-electron chi connectivity index (χ1n) is 6.49. The van der Waals surface area contributed by atoms with Crippen LogP contribution in [-0.2, 0) is 11.3 Å². The molecule has 3 nitrogen and oxygen atoms in total. The predicted octanol–water partition coefficient (Wildman–Crippen LogP) is 3.58. The molecule has 102 valence electrons. The zero-order chi connectivity index (χ0) is 13.7. The van der Waals surface area contributed by atoms with Crippen molar-refractivity contribution in [3.05, 3.63) is 22.8 Å². The highest BCUT2D eigenvalue weighted by Crippen LogP contribution is 2.33. The van der Waals surface area contributed by atoms with Crippen LogP contribution in [0.2, 0.25) is 0 Å². The molecule has 0 atom stereocenters. The highest BCUT2D eigenvalue weighted by molar-refractivity contribution is 5.51. The molecule has 3 heteroatoms. The van der Waals surface area contributed by atoms with Gasteiger partial charge in [0.15, 0.2) is 0 Å². The van der Waals surface area contributed by atoms with Crippen molar-refractivity contribution in [2.75, 3.05) is 13.2 Å². The zero-order valence-electron chi connectivity index (χ0n) is 12.0. The van der Waals surface area contributed by atoms with Gasteiger partial charge in [-0.05, 0) is 38.3 Å². The largest absolute Gasteiger partial charge is 0.508 e. The summed E-state index contributed by atoms with van der Waals surface area (Å²) in [6.07, 6.45) is 0. The SMILES string of the molecule is CCOc1c(C)cc(O)c(COCC(C)C)c1C. The van der Waals surface area contributed by atoms with E-state index < -0.39 is 0 Å². The molecule has 0 aromatic heterocycles. The average Bonchev–Trinajstić information content (AvgIpc) is 2.28. The van der Waals surface area contributed by atoms with Crippen LogP contribution in [-0.4, -0.2) is 18.3 Å². The summed E-state index contributed by atoms with van der Waals surface area (Å²) in [5, 5.41) is 9.99. The number of aryl methyl sites for hydroxylation is 1. The Morgan fingerprint density at radius 3 is 2.50 bits per heavy atom. The molecular formula is C15H24O3. The van der Waals surface area contributed by atoms with Gasteiger partial charge in [0.2, 0.25) is 0 Å². The first-order valence-corrected chi connectivity index (χ1v) is 6.49. The molecule has 0 fully saturated rings.